The minimum Gasteiger partial charge on any atom is -0.507 e. The van der Waals surface area contributed by atoms with Crippen LogP contribution >= 0.6 is 16.1 Å². The first kappa shape index (κ1) is 27.4. The molecule has 190 valence electrons. The van der Waals surface area contributed by atoms with Crippen LogP contribution in [0.5, 0.6) is 5.75 Å². The fraction of sp³-hybridized carbons (Fsp3) is 0.517. The van der Waals surface area contributed by atoms with Gasteiger partial charge in [0.2, 0.25) is 0 Å². The van der Waals surface area contributed by atoms with Crippen LogP contribution in [0.25, 0.3) is 0 Å². The number of ketones is 1. The molecule has 0 spiro atoms. The van der Waals surface area contributed by atoms with Crippen molar-refractivity contribution in [3.63, 3.8) is 0 Å². The van der Waals surface area contributed by atoms with Crippen molar-refractivity contribution in [2.75, 3.05) is 20.3 Å². The van der Waals surface area contributed by atoms with Crippen molar-refractivity contribution in [2.45, 2.75) is 71.3 Å². The first-order valence-electron chi connectivity index (χ1n) is 12.3. The van der Waals surface area contributed by atoms with Crippen LogP contribution in [0, 0.1) is 5.92 Å². The lowest BCUT2D eigenvalue weighted by Gasteiger charge is -2.29. The number of ether oxygens (including phenoxy) is 1. The molecule has 2 atom stereocenters. The van der Waals surface area contributed by atoms with Crippen molar-refractivity contribution in [2.24, 2.45) is 9.94 Å². The number of rotatable bonds is 7. The number of nitrogens with zero attached hydrogens (tertiary/aromatic N) is 2. The zero-order valence-corrected chi connectivity index (χ0v) is 23.6. The van der Waals surface area contributed by atoms with E-state index in [1.165, 1.54) is 5.56 Å². The van der Waals surface area contributed by atoms with Crippen LogP contribution in [-0.4, -0.2) is 47.9 Å². The molecule has 3 rings (SSSR count). The number of Topliss-reactive ketones (excluding diaryl/α,β-unsaturated/α-hetero) is 1. The summed E-state index contributed by atoms with van der Waals surface area (Å²) in [7, 11) is 1.70. The molecule has 1 heterocycles. The fourth-order valence-electron chi connectivity index (χ4n) is 4.92. The van der Waals surface area contributed by atoms with E-state index in [2.05, 4.69) is 78.7 Å². The Morgan fingerprint density at radius 1 is 1.09 bits per heavy atom. The van der Waals surface area contributed by atoms with Gasteiger partial charge in [-0.1, -0.05) is 71.9 Å². The van der Waals surface area contributed by atoms with Gasteiger partial charge in [-0.05, 0) is 41.4 Å². The zero-order chi connectivity index (χ0) is 26.0. The smallest absolute Gasteiger partial charge is 0.182 e. The van der Waals surface area contributed by atoms with Gasteiger partial charge < -0.3 is 14.7 Å². The second-order valence-electron chi connectivity index (χ2n) is 11.6. The van der Waals surface area contributed by atoms with E-state index in [1.807, 2.05) is 30.3 Å². The van der Waals surface area contributed by atoms with Crippen LogP contribution in [0.2, 0.25) is 0 Å². The normalized spacial score (nSPS) is 20.0. The molecule has 1 saturated heterocycles. The first-order chi connectivity index (χ1) is 16.4. The standard InChI is InChI=1S/C29H39BrN2O3/c1-28(2,3)23-15-20(16-24(26(23)34)29(4,5)6)25(33)17-32-22(18-35-7)14-21(27(32)31-30)13-19-11-9-8-10-12-19/h8-12,15-16,21-22,34H,13-14,17-18H2,1-7H3/t21-,22+/m1/s1. The highest BCUT2D eigenvalue weighted by Gasteiger charge is 2.39. The molecule has 0 amide bonds. The van der Waals surface area contributed by atoms with Gasteiger partial charge in [0.1, 0.15) is 11.6 Å². The van der Waals surface area contributed by atoms with E-state index in [1.54, 1.807) is 7.11 Å². The van der Waals surface area contributed by atoms with Crippen LogP contribution in [0.4, 0.5) is 0 Å². The predicted molar refractivity (Wildman–Crippen MR) is 147 cm³/mol. The molecule has 1 fully saturated rings. The first-order valence-corrected chi connectivity index (χ1v) is 13.0. The van der Waals surface area contributed by atoms with Gasteiger partial charge in [0.15, 0.2) is 5.78 Å². The maximum absolute atomic E-state index is 13.7. The maximum Gasteiger partial charge on any atom is 0.182 e. The molecule has 0 radical (unpaired) electrons. The largest absolute Gasteiger partial charge is 0.507 e. The Hall–Kier alpha value is -2.18. The molecule has 2 aromatic rings. The lowest BCUT2D eigenvalue weighted by molar-refractivity contribution is 0.0907. The monoisotopic (exact) mass is 542 g/mol. The minimum absolute atomic E-state index is 0.0103. The van der Waals surface area contributed by atoms with Gasteiger partial charge in [-0.3, -0.25) is 4.79 Å². The average molecular weight is 544 g/mol. The van der Waals surface area contributed by atoms with E-state index >= 15 is 0 Å². The van der Waals surface area contributed by atoms with Gasteiger partial charge >= 0.3 is 0 Å². The summed E-state index contributed by atoms with van der Waals surface area (Å²) in [6, 6.07) is 14.2. The van der Waals surface area contributed by atoms with Gasteiger partial charge in [-0.25, -0.2) is 0 Å². The SMILES string of the molecule is COC[C@@H]1C[C@@H](Cc2ccccc2)C(=NBr)N1CC(=O)c1cc(C(C)(C)C)c(O)c(C(C)(C)C)c1. The maximum atomic E-state index is 13.7. The number of carbonyl (C=O) groups is 1. The van der Waals surface area contributed by atoms with Gasteiger partial charge in [0.25, 0.3) is 0 Å². The summed E-state index contributed by atoms with van der Waals surface area (Å²) in [5.41, 5.74) is 2.86. The van der Waals surface area contributed by atoms with E-state index in [9.17, 15) is 9.90 Å². The summed E-state index contributed by atoms with van der Waals surface area (Å²) in [6.07, 6.45) is 1.73. The Balaban J connectivity index is 1.94. The van der Waals surface area contributed by atoms with Gasteiger partial charge in [0.05, 0.1) is 35.3 Å². The molecule has 0 aromatic heterocycles. The second kappa shape index (κ2) is 10.8. The third kappa shape index (κ3) is 6.34. The predicted octanol–water partition coefficient (Wildman–Crippen LogP) is 6.46. The molecule has 0 bridgehead atoms. The average Bonchev–Trinajstić information content (AvgIpc) is 3.08. The highest BCUT2D eigenvalue weighted by molar-refractivity contribution is 9.08. The lowest BCUT2D eigenvalue weighted by Crippen LogP contribution is -2.40. The van der Waals surface area contributed by atoms with Crippen LogP contribution in [-0.2, 0) is 22.0 Å². The summed E-state index contributed by atoms with van der Waals surface area (Å²) in [5.74, 6) is 1.37. The molecule has 2 aromatic carbocycles. The number of hydrogen-bond donors (Lipinski definition) is 1. The number of likely N-dealkylation sites (tertiary alicyclic amines) is 1. The molecule has 0 saturated carbocycles. The molecular weight excluding hydrogens is 504 g/mol. The Kier molecular flexibility index (Phi) is 8.48. The van der Waals surface area contributed by atoms with E-state index in [4.69, 9.17) is 4.74 Å². The highest BCUT2D eigenvalue weighted by atomic mass is 79.9. The zero-order valence-electron chi connectivity index (χ0n) is 22.1. The number of methoxy groups -OCH3 is 1. The Morgan fingerprint density at radius 2 is 1.66 bits per heavy atom. The van der Waals surface area contributed by atoms with Gasteiger partial charge in [0, 0.05) is 29.7 Å². The molecule has 0 aliphatic carbocycles. The molecule has 5 nitrogen and oxygen atoms in total. The van der Waals surface area contributed by atoms with E-state index in [0.717, 1.165) is 29.8 Å². The molecule has 6 heteroatoms. The number of aromatic hydroxyl groups is 1. The number of amidine groups is 1. The number of halogens is 1. The summed E-state index contributed by atoms with van der Waals surface area (Å²) in [6.45, 7) is 13.1. The van der Waals surface area contributed by atoms with Gasteiger partial charge in [-0.15, -0.1) is 0 Å². The third-order valence-corrected chi connectivity index (χ3v) is 7.15. The lowest BCUT2D eigenvalue weighted by atomic mass is 9.78. The van der Waals surface area contributed by atoms with Crippen LogP contribution < -0.4 is 0 Å². The Labute approximate surface area is 218 Å². The summed E-state index contributed by atoms with van der Waals surface area (Å²) < 4.78 is 9.98. The Bertz CT molecular complexity index is 1030. The Morgan fingerprint density at radius 3 is 2.14 bits per heavy atom. The van der Waals surface area contributed by atoms with E-state index in [0.29, 0.717) is 12.2 Å². The summed E-state index contributed by atoms with van der Waals surface area (Å²) in [4.78, 5) is 15.8. The van der Waals surface area contributed by atoms with E-state index in [-0.39, 0.29) is 40.9 Å². The van der Waals surface area contributed by atoms with Crippen LogP contribution in [0.1, 0.15) is 75.0 Å². The molecule has 1 N–H and O–H groups in total. The number of phenolic OH excluding ortho intramolecular Hbond substituents is 1. The fourth-order valence-corrected chi connectivity index (χ4v) is 5.41. The molecule has 1 aliphatic heterocycles. The molecule has 35 heavy (non-hydrogen) atoms. The van der Waals surface area contributed by atoms with E-state index < -0.39 is 0 Å². The van der Waals surface area contributed by atoms with Crippen LogP contribution in [0.3, 0.4) is 0 Å². The quantitative estimate of drug-likeness (QED) is 0.408. The molecule has 1 aliphatic rings. The molecular formula is C29H39BrN2O3. The van der Waals surface area contributed by atoms with Crippen molar-refractivity contribution in [1.29, 1.82) is 0 Å². The van der Waals surface area contributed by atoms with Crippen molar-refractivity contribution in [3.8, 4) is 5.75 Å². The van der Waals surface area contributed by atoms with Crippen molar-refractivity contribution < 1.29 is 14.6 Å². The number of benzene rings is 2. The van der Waals surface area contributed by atoms with Crippen LogP contribution in [0.15, 0.2) is 46.5 Å². The summed E-state index contributed by atoms with van der Waals surface area (Å²) in [5, 5.41) is 11.1. The van der Waals surface area contributed by atoms with Crippen molar-refractivity contribution >= 4 is 27.8 Å². The van der Waals surface area contributed by atoms with Crippen molar-refractivity contribution in [1.82, 2.24) is 4.90 Å². The number of carbonyl (C=O) groups excluding carboxylic acids is 1. The second-order valence-corrected chi connectivity index (χ2v) is 12.0. The van der Waals surface area contributed by atoms with Crippen molar-refractivity contribution in [3.05, 3.63) is 64.7 Å². The number of phenols is 1. The number of hydrogen-bond acceptors (Lipinski definition) is 4. The van der Waals surface area contributed by atoms with Gasteiger partial charge in [-0.2, -0.15) is 4.02 Å². The topological polar surface area (TPSA) is 62.1 Å². The molecule has 0 unspecified atom stereocenters. The highest BCUT2D eigenvalue weighted by Crippen LogP contribution is 2.40. The summed E-state index contributed by atoms with van der Waals surface area (Å²) >= 11 is 3.34. The third-order valence-electron chi connectivity index (χ3n) is 6.79. The minimum atomic E-state index is -0.296.